The van der Waals surface area contributed by atoms with Crippen molar-refractivity contribution in [3.05, 3.63) is 35.1 Å². The second kappa shape index (κ2) is 6.34. The lowest BCUT2D eigenvalue weighted by molar-refractivity contribution is -0.138. The van der Waals surface area contributed by atoms with E-state index in [9.17, 15) is 17.6 Å². The zero-order chi connectivity index (χ0) is 14.6. The number of nitrogens with one attached hydrogen (secondary N) is 1. The molecule has 0 aliphatic rings. The van der Waals surface area contributed by atoms with Gasteiger partial charge >= 0.3 is 6.18 Å². The number of likely N-dealkylation sites (N-methyl/N-ethyl adjacent to an activating group) is 1. The molecule has 1 unspecified atom stereocenters. The zero-order valence-electron chi connectivity index (χ0n) is 11.2. The summed E-state index contributed by atoms with van der Waals surface area (Å²) in [5, 5.41) is 2.95. The number of hydrogen-bond acceptors (Lipinski definition) is 2. The fraction of sp³-hybridized carbons (Fsp3) is 0.538. The van der Waals surface area contributed by atoms with Crippen LogP contribution in [0, 0.1) is 5.82 Å². The van der Waals surface area contributed by atoms with E-state index in [4.69, 9.17) is 0 Å². The first-order valence-electron chi connectivity index (χ1n) is 5.94. The fourth-order valence-corrected chi connectivity index (χ4v) is 1.57. The number of benzene rings is 1. The lowest BCUT2D eigenvalue weighted by Crippen LogP contribution is -2.35. The smallest absolute Gasteiger partial charge is 0.311 e. The molecule has 0 spiro atoms. The highest BCUT2D eigenvalue weighted by atomic mass is 19.4. The molecule has 0 heterocycles. The van der Waals surface area contributed by atoms with Crippen molar-refractivity contribution in [2.24, 2.45) is 0 Å². The second-order valence-electron chi connectivity index (χ2n) is 4.74. The lowest BCUT2D eigenvalue weighted by Gasteiger charge is -2.20. The largest absolute Gasteiger partial charge is 0.416 e. The Labute approximate surface area is 110 Å². The van der Waals surface area contributed by atoms with Crippen LogP contribution in [0.5, 0.6) is 0 Å². The van der Waals surface area contributed by atoms with Crippen molar-refractivity contribution >= 4 is 0 Å². The van der Waals surface area contributed by atoms with Gasteiger partial charge in [0.15, 0.2) is 0 Å². The summed E-state index contributed by atoms with van der Waals surface area (Å²) in [4.78, 5) is 1.96. The molecule has 1 aromatic carbocycles. The number of nitrogens with zero attached hydrogens (tertiary/aromatic N) is 1. The molecule has 19 heavy (non-hydrogen) atoms. The first-order chi connectivity index (χ1) is 8.71. The first-order valence-corrected chi connectivity index (χ1v) is 5.94. The molecule has 1 atom stereocenters. The van der Waals surface area contributed by atoms with Gasteiger partial charge in [-0.05, 0) is 38.7 Å². The van der Waals surface area contributed by atoms with Gasteiger partial charge < -0.3 is 10.2 Å². The fourth-order valence-electron chi connectivity index (χ4n) is 1.57. The molecule has 108 valence electrons. The van der Waals surface area contributed by atoms with Crippen molar-refractivity contribution in [2.75, 3.05) is 20.6 Å². The topological polar surface area (TPSA) is 15.3 Å². The molecular formula is C13H18F4N2. The Morgan fingerprint density at radius 1 is 1.26 bits per heavy atom. The molecule has 0 saturated heterocycles. The molecule has 0 bridgehead atoms. The summed E-state index contributed by atoms with van der Waals surface area (Å²) in [5.41, 5.74) is -0.864. The Morgan fingerprint density at radius 3 is 2.42 bits per heavy atom. The van der Waals surface area contributed by atoms with Gasteiger partial charge in [0.25, 0.3) is 0 Å². The van der Waals surface area contributed by atoms with Crippen molar-refractivity contribution < 1.29 is 17.6 Å². The van der Waals surface area contributed by atoms with Gasteiger partial charge in [0, 0.05) is 19.1 Å². The van der Waals surface area contributed by atoms with Crippen molar-refractivity contribution in [3.8, 4) is 0 Å². The van der Waals surface area contributed by atoms with Crippen LogP contribution >= 0.6 is 0 Å². The van der Waals surface area contributed by atoms with E-state index in [0.717, 1.165) is 6.07 Å². The molecule has 0 aromatic heterocycles. The predicted molar refractivity (Wildman–Crippen MR) is 66.3 cm³/mol. The van der Waals surface area contributed by atoms with Crippen LogP contribution in [-0.4, -0.2) is 31.6 Å². The van der Waals surface area contributed by atoms with Gasteiger partial charge in [0.05, 0.1) is 5.56 Å². The standard InChI is InChI=1S/C13H18F4N2/c1-9(19(2)3)7-18-8-10-4-5-11(14)6-12(10)13(15,16)17/h4-6,9,18H,7-8H2,1-3H3. The normalized spacial score (nSPS) is 13.9. The van der Waals surface area contributed by atoms with Crippen LogP contribution in [0.15, 0.2) is 18.2 Å². The average Bonchev–Trinajstić information content (AvgIpc) is 2.29. The quantitative estimate of drug-likeness (QED) is 0.833. The van der Waals surface area contributed by atoms with E-state index in [1.807, 2.05) is 25.9 Å². The van der Waals surface area contributed by atoms with Gasteiger partial charge in [-0.2, -0.15) is 13.2 Å². The summed E-state index contributed by atoms with van der Waals surface area (Å²) in [5.74, 6) is -0.877. The van der Waals surface area contributed by atoms with Crippen molar-refractivity contribution in [1.82, 2.24) is 10.2 Å². The molecule has 2 nitrogen and oxygen atoms in total. The Kier molecular flexibility index (Phi) is 5.31. The predicted octanol–water partition coefficient (Wildman–Crippen LogP) is 2.88. The van der Waals surface area contributed by atoms with Crippen LogP contribution in [0.4, 0.5) is 17.6 Å². The molecule has 1 N–H and O–H groups in total. The van der Waals surface area contributed by atoms with Crippen LogP contribution in [0.2, 0.25) is 0 Å². The summed E-state index contributed by atoms with van der Waals surface area (Å²) >= 11 is 0. The SMILES string of the molecule is CC(CNCc1ccc(F)cc1C(F)(F)F)N(C)C. The number of hydrogen-bond donors (Lipinski definition) is 1. The highest BCUT2D eigenvalue weighted by Crippen LogP contribution is 2.32. The van der Waals surface area contributed by atoms with Gasteiger partial charge in [-0.3, -0.25) is 0 Å². The van der Waals surface area contributed by atoms with E-state index in [0.29, 0.717) is 12.6 Å². The Hall–Kier alpha value is -1.14. The highest BCUT2D eigenvalue weighted by Gasteiger charge is 2.33. The molecule has 0 saturated carbocycles. The molecule has 6 heteroatoms. The van der Waals surface area contributed by atoms with Crippen LogP contribution in [-0.2, 0) is 12.7 Å². The van der Waals surface area contributed by atoms with Crippen molar-refractivity contribution in [3.63, 3.8) is 0 Å². The number of alkyl halides is 3. The van der Waals surface area contributed by atoms with Gasteiger partial charge in [0.1, 0.15) is 5.82 Å². The van der Waals surface area contributed by atoms with Crippen LogP contribution in [0.25, 0.3) is 0 Å². The van der Waals surface area contributed by atoms with E-state index < -0.39 is 17.6 Å². The minimum Gasteiger partial charge on any atom is -0.311 e. The summed E-state index contributed by atoms with van der Waals surface area (Å²) < 4.78 is 51.1. The monoisotopic (exact) mass is 278 g/mol. The summed E-state index contributed by atoms with van der Waals surface area (Å²) in [7, 11) is 3.79. The maximum Gasteiger partial charge on any atom is 0.416 e. The second-order valence-corrected chi connectivity index (χ2v) is 4.74. The van der Waals surface area contributed by atoms with Crippen LogP contribution in [0.1, 0.15) is 18.1 Å². The molecule has 0 radical (unpaired) electrons. The third-order valence-corrected chi connectivity index (χ3v) is 3.01. The van der Waals surface area contributed by atoms with Gasteiger partial charge in [-0.15, -0.1) is 0 Å². The molecule has 1 rings (SSSR count). The van der Waals surface area contributed by atoms with Crippen LogP contribution in [0.3, 0.4) is 0 Å². The zero-order valence-corrected chi connectivity index (χ0v) is 11.2. The summed E-state index contributed by atoms with van der Waals surface area (Å²) in [6.07, 6.45) is -4.54. The Morgan fingerprint density at radius 2 is 1.89 bits per heavy atom. The maximum atomic E-state index is 12.9. The molecule has 1 aromatic rings. The molecule has 0 fully saturated rings. The van der Waals surface area contributed by atoms with Gasteiger partial charge in [0.2, 0.25) is 0 Å². The Balaban J connectivity index is 2.73. The van der Waals surface area contributed by atoms with Crippen molar-refractivity contribution in [1.29, 1.82) is 0 Å². The Bertz CT molecular complexity index is 416. The number of rotatable bonds is 5. The summed E-state index contributed by atoms with van der Waals surface area (Å²) in [6, 6.07) is 2.95. The van der Waals surface area contributed by atoms with Gasteiger partial charge in [-0.25, -0.2) is 4.39 Å². The lowest BCUT2D eigenvalue weighted by atomic mass is 10.1. The third kappa shape index (κ3) is 4.80. The minimum absolute atomic E-state index is 0.0554. The van der Waals surface area contributed by atoms with E-state index >= 15 is 0 Å². The maximum absolute atomic E-state index is 12.9. The third-order valence-electron chi connectivity index (χ3n) is 3.01. The summed E-state index contributed by atoms with van der Waals surface area (Å²) in [6.45, 7) is 2.58. The highest BCUT2D eigenvalue weighted by molar-refractivity contribution is 5.30. The van der Waals surface area contributed by atoms with Gasteiger partial charge in [-0.1, -0.05) is 6.07 Å². The molecule has 0 aliphatic carbocycles. The van der Waals surface area contributed by atoms with E-state index in [1.54, 1.807) is 0 Å². The van der Waals surface area contributed by atoms with E-state index in [-0.39, 0.29) is 18.2 Å². The molecule has 0 aliphatic heterocycles. The number of halogens is 4. The van der Waals surface area contributed by atoms with Crippen LogP contribution < -0.4 is 5.32 Å². The van der Waals surface area contributed by atoms with E-state index in [1.165, 1.54) is 6.07 Å². The van der Waals surface area contributed by atoms with E-state index in [2.05, 4.69) is 5.32 Å². The first kappa shape index (κ1) is 15.9. The van der Waals surface area contributed by atoms with Crippen molar-refractivity contribution in [2.45, 2.75) is 25.7 Å². The minimum atomic E-state index is -4.54. The molecular weight excluding hydrogens is 260 g/mol. The molecule has 0 amide bonds. The average molecular weight is 278 g/mol.